The summed E-state index contributed by atoms with van der Waals surface area (Å²) in [4.78, 5) is 15.9. The van der Waals surface area contributed by atoms with Gasteiger partial charge < -0.3 is 4.74 Å². The normalized spacial score (nSPS) is 15.5. The van der Waals surface area contributed by atoms with E-state index in [4.69, 9.17) is 16.3 Å². The summed E-state index contributed by atoms with van der Waals surface area (Å²) in [6.45, 7) is 3.19. The van der Waals surface area contributed by atoms with Crippen molar-refractivity contribution in [3.05, 3.63) is 34.5 Å². The van der Waals surface area contributed by atoms with Crippen LogP contribution in [0.25, 0.3) is 0 Å². The van der Waals surface area contributed by atoms with Crippen LogP contribution in [0.5, 0.6) is 0 Å². The molecule has 0 bridgehead atoms. The third kappa shape index (κ3) is 4.60. The minimum Gasteiger partial charge on any atom is -0.463 e. The van der Waals surface area contributed by atoms with Crippen LogP contribution < -0.4 is 9.88 Å². The van der Waals surface area contributed by atoms with Crippen LogP contribution in [0.1, 0.15) is 25.3 Å². The fourth-order valence-corrected chi connectivity index (χ4v) is 2.67. The largest absolute Gasteiger partial charge is 0.463 e. The van der Waals surface area contributed by atoms with Gasteiger partial charge in [0.05, 0.1) is 25.3 Å². The summed E-state index contributed by atoms with van der Waals surface area (Å²) in [5, 5.41) is 0.0256. The van der Waals surface area contributed by atoms with Crippen molar-refractivity contribution in [1.29, 1.82) is 0 Å². The third-order valence-electron chi connectivity index (χ3n) is 3.53. The lowest BCUT2D eigenvalue weighted by Crippen LogP contribution is -2.35. The zero-order valence-electron chi connectivity index (χ0n) is 12.5. The van der Waals surface area contributed by atoms with Crippen LogP contribution in [-0.2, 0) is 15.7 Å². The molecule has 1 aliphatic rings. The first-order chi connectivity index (χ1) is 10.8. The number of hydrogen-bond donors (Lipinski definition) is 0. The standard InChI is InChI=1S/C15H16ClF3N2O2/c1-2-23-13(22)7-10-3-5-21(6-4-10)14-12(16)8-11(9-20-14)15(17,18)19/h7-9H,2-6H2,1H3/p+1. The Morgan fingerprint density at radius 3 is 2.61 bits per heavy atom. The number of H-pyrrole nitrogens is 1. The highest BCUT2D eigenvalue weighted by Crippen LogP contribution is 2.33. The number of aromatic nitrogens is 1. The van der Waals surface area contributed by atoms with Crippen molar-refractivity contribution in [2.45, 2.75) is 25.9 Å². The molecule has 2 rings (SSSR count). The molecule has 8 heteroatoms. The summed E-state index contributed by atoms with van der Waals surface area (Å²) in [5.41, 5.74) is 0.147. The molecule has 1 aromatic heterocycles. The van der Waals surface area contributed by atoms with Crippen LogP contribution in [0.15, 0.2) is 23.9 Å². The first-order valence-electron chi connectivity index (χ1n) is 7.21. The van der Waals surface area contributed by atoms with E-state index < -0.39 is 11.7 Å². The second kappa shape index (κ2) is 7.21. The van der Waals surface area contributed by atoms with E-state index in [-0.39, 0.29) is 11.0 Å². The van der Waals surface area contributed by atoms with Gasteiger partial charge >= 0.3 is 12.1 Å². The Labute approximate surface area is 136 Å². The molecule has 1 aliphatic heterocycles. The van der Waals surface area contributed by atoms with E-state index in [1.807, 2.05) is 4.90 Å². The molecule has 2 heterocycles. The smallest absolute Gasteiger partial charge is 0.419 e. The summed E-state index contributed by atoms with van der Waals surface area (Å²) in [7, 11) is 0. The molecule has 0 aromatic carbocycles. The summed E-state index contributed by atoms with van der Waals surface area (Å²) >= 11 is 5.97. The number of ether oxygens (including phenoxy) is 1. The SMILES string of the molecule is CCOC(=O)C=C1CCN(c2[nH+]cc(C(F)(F)F)cc2Cl)CC1. The number of aromatic amines is 1. The number of nitrogens with zero attached hydrogens (tertiary/aromatic N) is 1. The zero-order valence-corrected chi connectivity index (χ0v) is 13.3. The maximum atomic E-state index is 12.6. The van der Waals surface area contributed by atoms with Gasteiger partial charge in [-0.1, -0.05) is 17.2 Å². The van der Waals surface area contributed by atoms with E-state index in [1.165, 1.54) is 6.08 Å². The number of carbonyl (C=O) groups excluding carboxylic acids is 1. The van der Waals surface area contributed by atoms with Crippen molar-refractivity contribution in [1.82, 2.24) is 0 Å². The fraction of sp³-hybridized carbons (Fsp3) is 0.467. The molecule has 23 heavy (non-hydrogen) atoms. The first kappa shape index (κ1) is 17.6. The van der Waals surface area contributed by atoms with Gasteiger partial charge in [-0.3, -0.25) is 4.90 Å². The Kier molecular flexibility index (Phi) is 5.51. The number of carbonyl (C=O) groups is 1. The molecular formula is C15H17ClF3N2O2+. The Balaban J connectivity index is 2.04. The maximum Gasteiger partial charge on any atom is 0.419 e. The molecule has 1 fully saturated rings. The first-order valence-corrected chi connectivity index (χ1v) is 7.58. The number of halogens is 4. The molecule has 126 valence electrons. The minimum absolute atomic E-state index is 0.0256. The minimum atomic E-state index is -4.43. The molecule has 0 aliphatic carbocycles. The average molecular weight is 350 g/mol. The quantitative estimate of drug-likeness (QED) is 0.621. The van der Waals surface area contributed by atoms with Crippen molar-refractivity contribution in [2.24, 2.45) is 0 Å². The van der Waals surface area contributed by atoms with Crippen LogP contribution in [0.3, 0.4) is 0 Å². The molecule has 1 N–H and O–H groups in total. The number of alkyl halides is 3. The van der Waals surface area contributed by atoms with E-state index in [0.29, 0.717) is 38.4 Å². The third-order valence-corrected chi connectivity index (χ3v) is 3.82. The maximum absolute atomic E-state index is 12.6. The van der Waals surface area contributed by atoms with Crippen LogP contribution in [0.2, 0.25) is 5.02 Å². The molecule has 0 atom stereocenters. The predicted molar refractivity (Wildman–Crippen MR) is 79.2 cm³/mol. The molecule has 1 saturated heterocycles. The second-order valence-corrected chi connectivity index (χ2v) is 5.53. The molecule has 0 spiro atoms. The van der Waals surface area contributed by atoms with E-state index in [0.717, 1.165) is 17.8 Å². The van der Waals surface area contributed by atoms with Gasteiger partial charge in [-0.2, -0.15) is 13.2 Å². The van der Waals surface area contributed by atoms with Crippen molar-refractivity contribution in [3.63, 3.8) is 0 Å². The van der Waals surface area contributed by atoms with Crippen LogP contribution >= 0.6 is 11.6 Å². The number of hydrogen-bond acceptors (Lipinski definition) is 3. The number of rotatable bonds is 3. The van der Waals surface area contributed by atoms with E-state index in [2.05, 4.69) is 4.98 Å². The van der Waals surface area contributed by atoms with Gasteiger partial charge in [0.15, 0.2) is 0 Å². The molecule has 0 saturated carbocycles. The number of pyridine rings is 1. The number of esters is 1. The van der Waals surface area contributed by atoms with Gasteiger partial charge in [-0.15, -0.1) is 0 Å². The summed E-state index contributed by atoms with van der Waals surface area (Å²) < 4.78 is 42.8. The van der Waals surface area contributed by atoms with Crippen molar-refractivity contribution in [2.75, 3.05) is 24.6 Å². The Morgan fingerprint density at radius 2 is 2.09 bits per heavy atom. The van der Waals surface area contributed by atoms with Gasteiger partial charge in [0, 0.05) is 18.9 Å². The van der Waals surface area contributed by atoms with Crippen molar-refractivity contribution < 1.29 is 27.7 Å². The fourth-order valence-electron chi connectivity index (χ4n) is 2.38. The zero-order chi connectivity index (χ0) is 17.0. The highest BCUT2D eigenvalue weighted by atomic mass is 35.5. The Bertz CT molecular complexity index is 607. The molecule has 0 amide bonds. The molecule has 1 aromatic rings. The lowest BCUT2D eigenvalue weighted by Gasteiger charge is -2.23. The molecule has 0 radical (unpaired) electrons. The number of nitrogens with one attached hydrogen (secondary N) is 1. The van der Waals surface area contributed by atoms with Gasteiger partial charge in [-0.25, -0.2) is 9.78 Å². The van der Waals surface area contributed by atoms with Gasteiger partial charge in [0.25, 0.3) is 5.82 Å². The molecule has 4 nitrogen and oxygen atoms in total. The molecule has 0 unspecified atom stereocenters. The lowest BCUT2D eigenvalue weighted by molar-refractivity contribution is -0.367. The van der Waals surface area contributed by atoms with Gasteiger partial charge in [0.2, 0.25) is 0 Å². The lowest BCUT2D eigenvalue weighted by atomic mass is 10.0. The predicted octanol–water partition coefficient (Wildman–Crippen LogP) is 3.26. The summed E-state index contributed by atoms with van der Waals surface area (Å²) in [5.74, 6) is 0.0879. The van der Waals surface area contributed by atoms with E-state index in [1.54, 1.807) is 6.92 Å². The second-order valence-electron chi connectivity index (χ2n) is 5.12. The van der Waals surface area contributed by atoms with Crippen LogP contribution in [0.4, 0.5) is 19.0 Å². The number of piperidine rings is 1. The monoisotopic (exact) mass is 349 g/mol. The summed E-state index contributed by atoms with van der Waals surface area (Å²) in [6, 6.07) is 0.914. The highest BCUT2D eigenvalue weighted by Gasteiger charge is 2.34. The van der Waals surface area contributed by atoms with E-state index >= 15 is 0 Å². The van der Waals surface area contributed by atoms with Crippen molar-refractivity contribution in [3.8, 4) is 0 Å². The number of anilines is 1. The van der Waals surface area contributed by atoms with Crippen LogP contribution in [-0.4, -0.2) is 25.7 Å². The van der Waals surface area contributed by atoms with E-state index in [9.17, 15) is 18.0 Å². The van der Waals surface area contributed by atoms with Crippen molar-refractivity contribution >= 4 is 23.4 Å². The molecular weight excluding hydrogens is 333 g/mol. The summed E-state index contributed by atoms with van der Waals surface area (Å²) in [6.07, 6.45) is -0.784. The Hall–Kier alpha value is -1.76. The Morgan fingerprint density at radius 1 is 1.43 bits per heavy atom. The van der Waals surface area contributed by atoms with Gasteiger partial charge in [-0.05, 0) is 13.0 Å². The van der Waals surface area contributed by atoms with Gasteiger partial charge in [0.1, 0.15) is 11.2 Å². The topological polar surface area (TPSA) is 43.7 Å². The highest BCUT2D eigenvalue weighted by molar-refractivity contribution is 6.32. The van der Waals surface area contributed by atoms with Crippen LogP contribution in [0, 0.1) is 0 Å². The average Bonchev–Trinajstić information content (AvgIpc) is 2.47.